The molecule has 0 aromatic heterocycles. The second-order valence-electron chi connectivity index (χ2n) is 4.59. The largest absolute Gasteiger partial charge is 0.368 e. The summed E-state index contributed by atoms with van der Waals surface area (Å²) in [5, 5.41) is 0. The maximum Gasteiger partial charge on any atom is 0.265 e. The van der Waals surface area contributed by atoms with Crippen LogP contribution >= 0.6 is 0 Å². The lowest BCUT2D eigenvalue weighted by Crippen LogP contribution is -2.30. The molecule has 0 aliphatic carbocycles. The summed E-state index contributed by atoms with van der Waals surface area (Å²) in [5.74, 6) is 3.68. The van der Waals surface area contributed by atoms with E-state index >= 15 is 0 Å². The molecule has 1 amide bonds. The van der Waals surface area contributed by atoms with Crippen LogP contribution in [0.25, 0.3) is 0 Å². The SMILES string of the molecule is CN(Cc1cc(C(=O)NN)ccc1F)c1ccccc1F. The number of benzene rings is 2. The van der Waals surface area contributed by atoms with Crippen LogP contribution in [0.3, 0.4) is 0 Å². The van der Waals surface area contributed by atoms with Crippen molar-refractivity contribution in [1.82, 2.24) is 5.43 Å². The Balaban J connectivity index is 2.27. The van der Waals surface area contributed by atoms with Crippen LogP contribution in [0.5, 0.6) is 0 Å². The van der Waals surface area contributed by atoms with Gasteiger partial charge in [0.1, 0.15) is 11.6 Å². The number of hydrogen-bond donors (Lipinski definition) is 2. The topological polar surface area (TPSA) is 58.4 Å². The summed E-state index contributed by atoms with van der Waals surface area (Å²) in [6, 6.07) is 10.1. The number of hydrogen-bond acceptors (Lipinski definition) is 3. The summed E-state index contributed by atoms with van der Waals surface area (Å²) in [5.41, 5.74) is 2.87. The standard InChI is InChI=1S/C15H15F2N3O/c1-20(14-5-3-2-4-13(14)17)9-11-8-10(15(21)19-18)6-7-12(11)16/h2-8H,9,18H2,1H3,(H,19,21). The van der Waals surface area contributed by atoms with Crippen LogP contribution in [-0.2, 0) is 6.54 Å². The molecule has 0 saturated heterocycles. The van der Waals surface area contributed by atoms with Crippen LogP contribution in [0.1, 0.15) is 15.9 Å². The Morgan fingerprint density at radius 1 is 1.19 bits per heavy atom. The minimum absolute atomic E-state index is 0.123. The second kappa shape index (κ2) is 6.32. The van der Waals surface area contributed by atoms with Gasteiger partial charge in [0.25, 0.3) is 5.91 Å². The van der Waals surface area contributed by atoms with Crippen LogP contribution in [0.4, 0.5) is 14.5 Å². The average Bonchev–Trinajstić information content (AvgIpc) is 2.49. The van der Waals surface area contributed by atoms with E-state index in [9.17, 15) is 13.6 Å². The molecule has 6 heteroatoms. The van der Waals surface area contributed by atoms with Crippen molar-refractivity contribution in [3.05, 3.63) is 65.2 Å². The summed E-state index contributed by atoms with van der Waals surface area (Å²) in [7, 11) is 1.65. The number of nitrogens with two attached hydrogens (primary N) is 1. The van der Waals surface area contributed by atoms with Crippen LogP contribution < -0.4 is 16.2 Å². The van der Waals surface area contributed by atoms with Crippen LogP contribution in [-0.4, -0.2) is 13.0 Å². The van der Waals surface area contributed by atoms with Crippen molar-refractivity contribution < 1.29 is 13.6 Å². The van der Waals surface area contributed by atoms with Crippen molar-refractivity contribution in [2.45, 2.75) is 6.54 Å². The summed E-state index contributed by atoms with van der Waals surface area (Å²) in [6.07, 6.45) is 0. The fourth-order valence-corrected chi connectivity index (χ4v) is 2.02. The number of rotatable bonds is 4. The fraction of sp³-hybridized carbons (Fsp3) is 0.133. The third kappa shape index (κ3) is 3.35. The molecule has 0 atom stereocenters. The van der Waals surface area contributed by atoms with E-state index in [-0.39, 0.29) is 17.7 Å². The first-order valence-electron chi connectivity index (χ1n) is 6.28. The smallest absolute Gasteiger partial charge is 0.265 e. The molecule has 110 valence electrons. The van der Waals surface area contributed by atoms with Gasteiger partial charge in [0.15, 0.2) is 0 Å². The number of halogens is 2. The predicted molar refractivity (Wildman–Crippen MR) is 76.6 cm³/mol. The van der Waals surface area contributed by atoms with Gasteiger partial charge >= 0.3 is 0 Å². The molecule has 0 unspecified atom stereocenters. The molecule has 3 N–H and O–H groups in total. The van der Waals surface area contributed by atoms with Gasteiger partial charge in [-0.3, -0.25) is 10.2 Å². The van der Waals surface area contributed by atoms with E-state index in [1.54, 1.807) is 30.1 Å². The third-order valence-electron chi connectivity index (χ3n) is 3.11. The molecule has 21 heavy (non-hydrogen) atoms. The Kier molecular flexibility index (Phi) is 4.49. The Hall–Kier alpha value is -2.47. The van der Waals surface area contributed by atoms with Gasteiger partial charge in [0.2, 0.25) is 0 Å². The average molecular weight is 291 g/mol. The minimum atomic E-state index is -0.509. The highest BCUT2D eigenvalue weighted by Crippen LogP contribution is 2.21. The lowest BCUT2D eigenvalue weighted by Gasteiger charge is -2.20. The molecule has 0 radical (unpaired) electrons. The van der Waals surface area contributed by atoms with Crippen molar-refractivity contribution in [2.24, 2.45) is 5.84 Å². The number of carbonyl (C=O) groups excluding carboxylic acids is 1. The second-order valence-corrected chi connectivity index (χ2v) is 4.59. The molecule has 2 aromatic rings. The van der Waals surface area contributed by atoms with E-state index in [1.165, 1.54) is 24.3 Å². The number of amides is 1. The number of nitrogen functional groups attached to an aromatic ring is 1. The predicted octanol–water partition coefficient (Wildman–Crippen LogP) is 2.20. The maximum absolute atomic E-state index is 13.8. The number of nitrogens with zero attached hydrogens (tertiary/aromatic N) is 1. The van der Waals surface area contributed by atoms with E-state index in [1.807, 2.05) is 5.43 Å². The van der Waals surface area contributed by atoms with E-state index in [0.29, 0.717) is 5.69 Å². The zero-order chi connectivity index (χ0) is 15.4. The van der Waals surface area contributed by atoms with Gasteiger partial charge in [-0.05, 0) is 30.3 Å². The summed E-state index contributed by atoms with van der Waals surface area (Å²) in [4.78, 5) is 13.0. The molecule has 4 nitrogen and oxygen atoms in total. The van der Waals surface area contributed by atoms with Crippen molar-refractivity contribution in [1.29, 1.82) is 0 Å². The molecule has 0 aliphatic rings. The molecule has 0 bridgehead atoms. The van der Waals surface area contributed by atoms with Gasteiger partial charge in [0.05, 0.1) is 5.69 Å². The Morgan fingerprint density at radius 3 is 2.57 bits per heavy atom. The van der Waals surface area contributed by atoms with Crippen molar-refractivity contribution in [3.8, 4) is 0 Å². The Labute approximate surface area is 121 Å². The van der Waals surface area contributed by atoms with E-state index < -0.39 is 17.5 Å². The van der Waals surface area contributed by atoms with Crippen molar-refractivity contribution in [3.63, 3.8) is 0 Å². The zero-order valence-electron chi connectivity index (χ0n) is 11.4. The molecule has 0 aliphatic heterocycles. The first-order chi connectivity index (χ1) is 10.0. The highest BCUT2D eigenvalue weighted by Gasteiger charge is 2.12. The molecule has 0 heterocycles. The zero-order valence-corrected chi connectivity index (χ0v) is 11.4. The number of para-hydroxylation sites is 1. The van der Waals surface area contributed by atoms with E-state index in [0.717, 1.165) is 0 Å². The van der Waals surface area contributed by atoms with Gasteiger partial charge in [-0.15, -0.1) is 0 Å². The van der Waals surface area contributed by atoms with Crippen LogP contribution in [0.15, 0.2) is 42.5 Å². The van der Waals surface area contributed by atoms with E-state index in [4.69, 9.17) is 5.84 Å². The monoisotopic (exact) mass is 291 g/mol. The lowest BCUT2D eigenvalue weighted by molar-refractivity contribution is 0.0953. The van der Waals surface area contributed by atoms with Crippen LogP contribution in [0, 0.1) is 11.6 Å². The molecule has 0 spiro atoms. The van der Waals surface area contributed by atoms with Crippen LogP contribution in [0.2, 0.25) is 0 Å². The number of hydrazine groups is 1. The van der Waals surface area contributed by atoms with Crippen molar-refractivity contribution >= 4 is 11.6 Å². The first-order valence-corrected chi connectivity index (χ1v) is 6.28. The highest BCUT2D eigenvalue weighted by atomic mass is 19.1. The number of anilines is 1. The maximum atomic E-state index is 13.8. The quantitative estimate of drug-likeness (QED) is 0.516. The summed E-state index contributed by atoms with van der Waals surface area (Å²) < 4.78 is 27.5. The highest BCUT2D eigenvalue weighted by molar-refractivity contribution is 5.93. The Bertz CT molecular complexity index is 661. The molecule has 2 aromatic carbocycles. The van der Waals surface area contributed by atoms with Gasteiger partial charge in [-0.2, -0.15) is 0 Å². The van der Waals surface area contributed by atoms with Gasteiger partial charge in [0, 0.05) is 24.7 Å². The Morgan fingerprint density at radius 2 is 1.90 bits per heavy atom. The van der Waals surface area contributed by atoms with Gasteiger partial charge in [-0.25, -0.2) is 14.6 Å². The minimum Gasteiger partial charge on any atom is -0.368 e. The molecular weight excluding hydrogens is 276 g/mol. The first kappa shape index (κ1) is 14.9. The van der Waals surface area contributed by atoms with Gasteiger partial charge < -0.3 is 4.90 Å². The summed E-state index contributed by atoms with van der Waals surface area (Å²) >= 11 is 0. The molecule has 2 rings (SSSR count). The van der Waals surface area contributed by atoms with Crippen molar-refractivity contribution in [2.75, 3.05) is 11.9 Å². The fourth-order valence-electron chi connectivity index (χ4n) is 2.02. The molecular formula is C15H15F2N3O. The molecule has 0 saturated carbocycles. The third-order valence-corrected chi connectivity index (χ3v) is 3.11. The summed E-state index contributed by atoms with van der Waals surface area (Å²) in [6.45, 7) is 0.123. The lowest BCUT2D eigenvalue weighted by atomic mass is 10.1. The number of carbonyl (C=O) groups is 1. The van der Waals surface area contributed by atoms with Gasteiger partial charge in [-0.1, -0.05) is 12.1 Å². The number of nitrogens with one attached hydrogen (secondary N) is 1. The normalized spacial score (nSPS) is 10.3. The van der Waals surface area contributed by atoms with E-state index in [2.05, 4.69) is 0 Å². The molecule has 0 fully saturated rings.